The van der Waals surface area contributed by atoms with E-state index < -0.39 is 11.7 Å². The number of amides is 1. The van der Waals surface area contributed by atoms with Crippen molar-refractivity contribution in [2.75, 3.05) is 13.7 Å². The van der Waals surface area contributed by atoms with Crippen LogP contribution in [0.5, 0.6) is 0 Å². The summed E-state index contributed by atoms with van der Waals surface area (Å²) in [6, 6.07) is 9.89. The molecule has 1 amide bonds. The molecule has 5 heteroatoms. The van der Waals surface area contributed by atoms with Gasteiger partial charge in [0.05, 0.1) is 12.6 Å². The lowest BCUT2D eigenvalue weighted by Gasteiger charge is -2.23. The van der Waals surface area contributed by atoms with Gasteiger partial charge in [0.25, 0.3) is 0 Å². The molecule has 4 nitrogen and oxygen atoms in total. The molecule has 0 heterocycles. The molecule has 114 valence electrons. The lowest BCUT2D eigenvalue weighted by Crippen LogP contribution is -2.42. The second-order valence-electron chi connectivity index (χ2n) is 5.49. The smallest absolute Gasteiger partial charge is 0.407 e. The molecule has 0 spiro atoms. The van der Waals surface area contributed by atoms with Crippen molar-refractivity contribution in [1.82, 2.24) is 5.32 Å². The normalized spacial score (nSPS) is 12.2. The van der Waals surface area contributed by atoms with Crippen LogP contribution in [0.15, 0.2) is 30.3 Å². The Bertz CT molecular complexity index is 390. The number of nitrogens with one attached hydrogen (secondary N) is 1. The Morgan fingerprint density at radius 3 is 2.35 bits per heavy atom. The zero-order valence-electron chi connectivity index (χ0n) is 12.6. The predicted molar refractivity (Wildman–Crippen MR) is 85.6 cm³/mol. The highest BCUT2D eigenvalue weighted by Crippen LogP contribution is 2.08. The number of rotatable bonds is 5. The van der Waals surface area contributed by atoms with Crippen molar-refractivity contribution >= 4 is 19.6 Å². The SMILES string of the molecule is COC[C@H](Cc1ccccc1)NC(=O)OC(C)(C)C.S. The fourth-order valence-corrected chi connectivity index (χ4v) is 1.73. The standard InChI is InChI=1S/C15H23NO3.H2S/c1-15(2,3)19-14(17)16-13(11-18-4)10-12-8-6-5-7-9-12;/h5-9,13H,10-11H2,1-4H3,(H,16,17);1H2/t13-;/m0./s1. The van der Waals surface area contributed by atoms with E-state index in [0.29, 0.717) is 13.0 Å². The third kappa shape index (κ3) is 8.07. The number of carbonyl (C=O) groups excluding carboxylic acids is 1. The van der Waals surface area contributed by atoms with Crippen LogP contribution in [0.2, 0.25) is 0 Å². The molecule has 1 rings (SSSR count). The van der Waals surface area contributed by atoms with E-state index in [1.54, 1.807) is 7.11 Å². The number of hydrogen-bond acceptors (Lipinski definition) is 3. The second kappa shape index (κ2) is 8.87. The van der Waals surface area contributed by atoms with Crippen molar-refractivity contribution in [3.8, 4) is 0 Å². The molecule has 0 aliphatic carbocycles. The fraction of sp³-hybridized carbons (Fsp3) is 0.533. The Kier molecular flexibility index (Phi) is 8.34. The first-order valence-electron chi connectivity index (χ1n) is 6.43. The summed E-state index contributed by atoms with van der Waals surface area (Å²) in [5.74, 6) is 0. The number of ether oxygens (including phenoxy) is 2. The summed E-state index contributed by atoms with van der Waals surface area (Å²) < 4.78 is 10.4. The number of methoxy groups -OCH3 is 1. The Morgan fingerprint density at radius 1 is 1.25 bits per heavy atom. The van der Waals surface area contributed by atoms with Gasteiger partial charge in [-0.15, -0.1) is 0 Å². The van der Waals surface area contributed by atoms with Crippen LogP contribution in [-0.4, -0.2) is 31.5 Å². The minimum atomic E-state index is -0.492. The van der Waals surface area contributed by atoms with Gasteiger partial charge in [0.2, 0.25) is 0 Å². The van der Waals surface area contributed by atoms with Crippen LogP contribution in [0.1, 0.15) is 26.3 Å². The molecular weight excluding hydrogens is 274 g/mol. The summed E-state index contributed by atoms with van der Waals surface area (Å²) in [5, 5.41) is 2.84. The molecule has 1 aromatic rings. The summed E-state index contributed by atoms with van der Waals surface area (Å²) in [6.45, 7) is 5.98. The van der Waals surface area contributed by atoms with Gasteiger partial charge in [-0.2, -0.15) is 13.5 Å². The topological polar surface area (TPSA) is 47.6 Å². The van der Waals surface area contributed by atoms with Gasteiger partial charge in [0, 0.05) is 7.11 Å². The average molecular weight is 299 g/mol. The number of carbonyl (C=O) groups is 1. The molecule has 0 unspecified atom stereocenters. The van der Waals surface area contributed by atoms with Crippen LogP contribution in [0.4, 0.5) is 4.79 Å². The van der Waals surface area contributed by atoms with Crippen molar-refractivity contribution < 1.29 is 14.3 Å². The van der Waals surface area contributed by atoms with Gasteiger partial charge in [0.1, 0.15) is 5.60 Å². The van der Waals surface area contributed by atoms with Gasteiger partial charge in [-0.05, 0) is 32.8 Å². The summed E-state index contributed by atoms with van der Waals surface area (Å²) in [4.78, 5) is 11.7. The zero-order chi connectivity index (χ0) is 14.3. The van der Waals surface area contributed by atoms with Gasteiger partial charge >= 0.3 is 6.09 Å². The van der Waals surface area contributed by atoms with Crippen LogP contribution in [0.3, 0.4) is 0 Å². The third-order valence-electron chi connectivity index (χ3n) is 2.41. The average Bonchev–Trinajstić information content (AvgIpc) is 2.27. The summed E-state index contributed by atoms with van der Waals surface area (Å²) >= 11 is 0. The Labute approximate surface area is 128 Å². The van der Waals surface area contributed by atoms with E-state index in [2.05, 4.69) is 5.32 Å². The molecule has 20 heavy (non-hydrogen) atoms. The van der Waals surface area contributed by atoms with E-state index in [0.717, 1.165) is 5.56 Å². The zero-order valence-corrected chi connectivity index (χ0v) is 13.6. The maximum absolute atomic E-state index is 11.7. The number of benzene rings is 1. The second-order valence-corrected chi connectivity index (χ2v) is 5.49. The highest BCUT2D eigenvalue weighted by molar-refractivity contribution is 7.59. The minimum absolute atomic E-state index is 0. The van der Waals surface area contributed by atoms with Crippen LogP contribution in [-0.2, 0) is 15.9 Å². The van der Waals surface area contributed by atoms with Crippen molar-refractivity contribution in [3.05, 3.63) is 35.9 Å². The largest absolute Gasteiger partial charge is 0.444 e. The van der Waals surface area contributed by atoms with Crippen LogP contribution >= 0.6 is 13.5 Å². The molecule has 0 saturated carbocycles. The quantitative estimate of drug-likeness (QED) is 0.909. The first-order chi connectivity index (χ1) is 8.90. The van der Waals surface area contributed by atoms with Gasteiger partial charge < -0.3 is 14.8 Å². The number of alkyl carbamates (subject to hydrolysis) is 1. The molecule has 1 aromatic carbocycles. The van der Waals surface area contributed by atoms with Gasteiger partial charge in [0.15, 0.2) is 0 Å². The lowest BCUT2D eigenvalue weighted by molar-refractivity contribution is 0.0469. The predicted octanol–water partition coefficient (Wildman–Crippen LogP) is 2.88. The Hall–Kier alpha value is -1.20. The monoisotopic (exact) mass is 299 g/mol. The van der Waals surface area contributed by atoms with Gasteiger partial charge in [-0.3, -0.25) is 0 Å². The lowest BCUT2D eigenvalue weighted by atomic mass is 10.1. The highest BCUT2D eigenvalue weighted by atomic mass is 32.1. The fourth-order valence-electron chi connectivity index (χ4n) is 1.73. The van der Waals surface area contributed by atoms with Gasteiger partial charge in [-0.1, -0.05) is 30.3 Å². The summed E-state index contributed by atoms with van der Waals surface area (Å²) in [7, 11) is 1.62. The van der Waals surface area contributed by atoms with E-state index in [-0.39, 0.29) is 19.5 Å². The summed E-state index contributed by atoms with van der Waals surface area (Å²) in [5.41, 5.74) is 0.662. The number of hydrogen-bond donors (Lipinski definition) is 1. The summed E-state index contributed by atoms with van der Waals surface area (Å²) in [6.07, 6.45) is 0.305. The molecule has 0 aromatic heterocycles. The maximum Gasteiger partial charge on any atom is 0.407 e. The van der Waals surface area contributed by atoms with E-state index in [9.17, 15) is 4.79 Å². The maximum atomic E-state index is 11.7. The molecule has 0 radical (unpaired) electrons. The van der Waals surface area contributed by atoms with E-state index in [4.69, 9.17) is 9.47 Å². The van der Waals surface area contributed by atoms with E-state index in [1.165, 1.54) is 0 Å². The molecule has 0 bridgehead atoms. The van der Waals surface area contributed by atoms with Crippen molar-refractivity contribution in [1.29, 1.82) is 0 Å². The van der Waals surface area contributed by atoms with Crippen LogP contribution in [0.25, 0.3) is 0 Å². The molecule has 0 saturated heterocycles. The molecule has 0 aliphatic heterocycles. The molecule has 0 aliphatic rings. The third-order valence-corrected chi connectivity index (χ3v) is 2.41. The molecule has 0 fully saturated rings. The molecule has 1 atom stereocenters. The van der Waals surface area contributed by atoms with Crippen molar-refractivity contribution in [2.24, 2.45) is 0 Å². The van der Waals surface area contributed by atoms with Crippen molar-refractivity contribution in [3.63, 3.8) is 0 Å². The van der Waals surface area contributed by atoms with Crippen molar-refractivity contribution in [2.45, 2.75) is 38.8 Å². The van der Waals surface area contributed by atoms with Crippen LogP contribution < -0.4 is 5.32 Å². The molecule has 1 N–H and O–H groups in total. The first kappa shape index (κ1) is 18.8. The Morgan fingerprint density at radius 2 is 1.85 bits per heavy atom. The Balaban J connectivity index is 0.00000361. The highest BCUT2D eigenvalue weighted by Gasteiger charge is 2.19. The molecular formula is C15H25NO3S. The van der Waals surface area contributed by atoms with E-state index in [1.807, 2.05) is 51.1 Å². The first-order valence-corrected chi connectivity index (χ1v) is 6.43. The van der Waals surface area contributed by atoms with E-state index >= 15 is 0 Å². The van der Waals surface area contributed by atoms with Gasteiger partial charge in [-0.25, -0.2) is 4.79 Å². The van der Waals surface area contributed by atoms with Crippen LogP contribution in [0, 0.1) is 0 Å². The minimum Gasteiger partial charge on any atom is -0.444 e.